The molecule has 0 saturated heterocycles. The fourth-order valence-corrected chi connectivity index (χ4v) is 2.87. The Labute approximate surface area is 163 Å². The van der Waals surface area contributed by atoms with Crippen molar-refractivity contribution in [3.63, 3.8) is 0 Å². The predicted molar refractivity (Wildman–Crippen MR) is 104 cm³/mol. The number of hydrogen-bond donors (Lipinski definition) is 1. The summed E-state index contributed by atoms with van der Waals surface area (Å²) in [6.07, 6.45) is -0.567. The minimum absolute atomic E-state index is 0.0453. The molecule has 27 heavy (non-hydrogen) atoms. The molecule has 0 fully saturated rings. The van der Waals surface area contributed by atoms with Crippen LogP contribution in [0.15, 0.2) is 42.5 Å². The van der Waals surface area contributed by atoms with Crippen LogP contribution in [0.4, 0.5) is 16.2 Å². The zero-order valence-electron chi connectivity index (χ0n) is 15.4. The molecule has 0 atom stereocenters. The summed E-state index contributed by atoms with van der Waals surface area (Å²) in [5, 5.41) is 3.26. The third kappa shape index (κ3) is 4.71. The Bertz CT molecular complexity index is 877. The van der Waals surface area contributed by atoms with Crippen molar-refractivity contribution in [3.8, 4) is 5.75 Å². The molecule has 0 bridgehead atoms. The van der Waals surface area contributed by atoms with Gasteiger partial charge in [-0.1, -0.05) is 29.8 Å². The van der Waals surface area contributed by atoms with Crippen LogP contribution in [0, 0.1) is 0 Å². The monoisotopic (exact) mass is 388 g/mol. The summed E-state index contributed by atoms with van der Waals surface area (Å²) in [6, 6.07) is 12.5. The Balaban J connectivity index is 1.86. The normalized spacial score (nSPS) is 13.6. The molecule has 2 aromatic rings. The Morgan fingerprint density at radius 2 is 2.00 bits per heavy atom. The first-order chi connectivity index (χ1) is 12.7. The molecule has 7 heteroatoms. The lowest BCUT2D eigenvalue weighted by molar-refractivity contribution is -0.121. The van der Waals surface area contributed by atoms with Gasteiger partial charge in [0.25, 0.3) is 5.91 Å². The highest BCUT2D eigenvalue weighted by atomic mass is 35.5. The fourth-order valence-electron chi connectivity index (χ4n) is 2.67. The largest absolute Gasteiger partial charge is 0.482 e. The predicted octanol–water partition coefficient (Wildman–Crippen LogP) is 4.61. The minimum Gasteiger partial charge on any atom is -0.482 e. The van der Waals surface area contributed by atoms with Gasteiger partial charge in [0.05, 0.1) is 12.2 Å². The van der Waals surface area contributed by atoms with Gasteiger partial charge in [0.2, 0.25) is 0 Å². The van der Waals surface area contributed by atoms with E-state index in [2.05, 4.69) is 5.32 Å². The van der Waals surface area contributed by atoms with E-state index in [0.717, 1.165) is 5.56 Å². The van der Waals surface area contributed by atoms with Crippen molar-refractivity contribution in [2.45, 2.75) is 32.9 Å². The highest BCUT2D eigenvalue weighted by Crippen LogP contribution is 2.36. The van der Waals surface area contributed by atoms with Crippen molar-refractivity contribution >= 4 is 35.0 Å². The molecule has 2 amide bonds. The quantitative estimate of drug-likeness (QED) is 0.833. The summed E-state index contributed by atoms with van der Waals surface area (Å²) in [5.74, 6) is 0.383. The van der Waals surface area contributed by atoms with Gasteiger partial charge in [-0.25, -0.2) is 4.79 Å². The van der Waals surface area contributed by atoms with Crippen LogP contribution in [0.3, 0.4) is 0 Å². The lowest BCUT2D eigenvalue weighted by Gasteiger charge is -2.30. The van der Waals surface area contributed by atoms with Crippen molar-refractivity contribution in [3.05, 3.63) is 53.1 Å². The van der Waals surface area contributed by atoms with Crippen LogP contribution in [-0.2, 0) is 16.1 Å². The van der Waals surface area contributed by atoms with Gasteiger partial charge in [0, 0.05) is 10.7 Å². The second-order valence-corrected chi connectivity index (χ2v) is 7.58. The average molecular weight is 389 g/mol. The van der Waals surface area contributed by atoms with Gasteiger partial charge in [-0.05, 0) is 50.6 Å². The van der Waals surface area contributed by atoms with Gasteiger partial charge in [-0.3, -0.25) is 10.1 Å². The molecule has 2 aromatic carbocycles. The molecule has 6 nitrogen and oxygen atoms in total. The first-order valence-corrected chi connectivity index (χ1v) is 8.91. The number of carbonyl (C=O) groups is 2. The highest BCUT2D eigenvalue weighted by molar-refractivity contribution is 6.31. The number of amides is 2. The number of benzene rings is 2. The number of ether oxygens (including phenoxy) is 2. The summed E-state index contributed by atoms with van der Waals surface area (Å²) >= 11 is 6.24. The SMILES string of the molecule is CC(C)(C)OC(=O)Nc1ccc2c(c1)N(Cc1ccccc1Cl)C(=O)CO2. The summed E-state index contributed by atoms with van der Waals surface area (Å²) in [5.41, 5.74) is 1.30. The first-order valence-electron chi connectivity index (χ1n) is 8.53. The maximum Gasteiger partial charge on any atom is 0.412 e. The number of anilines is 2. The summed E-state index contributed by atoms with van der Waals surface area (Å²) in [7, 11) is 0. The van der Waals surface area contributed by atoms with Crippen LogP contribution < -0.4 is 15.0 Å². The van der Waals surface area contributed by atoms with E-state index in [1.165, 1.54) is 0 Å². The molecule has 3 rings (SSSR count). The highest BCUT2D eigenvalue weighted by Gasteiger charge is 2.27. The number of halogens is 1. The van der Waals surface area contributed by atoms with E-state index in [0.29, 0.717) is 28.7 Å². The first kappa shape index (κ1) is 19.0. The molecule has 0 aromatic heterocycles. The third-order valence-electron chi connectivity index (χ3n) is 3.83. The summed E-state index contributed by atoms with van der Waals surface area (Å²) in [6.45, 7) is 5.63. The van der Waals surface area contributed by atoms with Crippen molar-refractivity contribution in [2.75, 3.05) is 16.8 Å². The van der Waals surface area contributed by atoms with Crippen molar-refractivity contribution < 1.29 is 19.1 Å². The van der Waals surface area contributed by atoms with Crippen molar-refractivity contribution in [2.24, 2.45) is 0 Å². The molecule has 1 aliphatic heterocycles. The van der Waals surface area contributed by atoms with Crippen LogP contribution >= 0.6 is 11.6 Å². The molecule has 1 N–H and O–H groups in total. The Morgan fingerprint density at radius 1 is 1.26 bits per heavy atom. The number of hydrogen-bond acceptors (Lipinski definition) is 4. The Morgan fingerprint density at radius 3 is 2.70 bits per heavy atom. The molecule has 1 aliphatic rings. The van der Waals surface area contributed by atoms with E-state index in [9.17, 15) is 9.59 Å². The zero-order chi connectivity index (χ0) is 19.6. The minimum atomic E-state index is -0.604. The zero-order valence-corrected chi connectivity index (χ0v) is 16.2. The second kappa shape index (κ2) is 7.48. The molecular weight excluding hydrogens is 368 g/mol. The lowest BCUT2D eigenvalue weighted by Crippen LogP contribution is -2.38. The van der Waals surface area contributed by atoms with Crippen LogP contribution in [-0.4, -0.2) is 24.2 Å². The smallest absolute Gasteiger partial charge is 0.412 e. The molecule has 1 heterocycles. The average Bonchev–Trinajstić information content (AvgIpc) is 2.57. The maximum absolute atomic E-state index is 12.4. The fraction of sp³-hybridized carbons (Fsp3) is 0.300. The van der Waals surface area contributed by atoms with Gasteiger partial charge in [0.15, 0.2) is 6.61 Å². The number of carbonyl (C=O) groups excluding carboxylic acids is 2. The van der Waals surface area contributed by atoms with E-state index in [1.807, 2.05) is 18.2 Å². The summed E-state index contributed by atoms with van der Waals surface area (Å²) in [4.78, 5) is 26.1. The van der Waals surface area contributed by atoms with Gasteiger partial charge >= 0.3 is 6.09 Å². The Kier molecular flexibility index (Phi) is 5.28. The molecule has 0 aliphatic carbocycles. The Hall–Kier alpha value is -2.73. The topological polar surface area (TPSA) is 67.9 Å². The van der Waals surface area contributed by atoms with Crippen molar-refractivity contribution in [1.29, 1.82) is 0 Å². The van der Waals surface area contributed by atoms with Gasteiger partial charge in [-0.15, -0.1) is 0 Å². The van der Waals surface area contributed by atoms with E-state index in [1.54, 1.807) is 49.9 Å². The maximum atomic E-state index is 12.4. The molecular formula is C20H21ClN2O4. The van der Waals surface area contributed by atoms with E-state index in [-0.39, 0.29) is 12.5 Å². The van der Waals surface area contributed by atoms with Gasteiger partial charge < -0.3 is 14.4 Å². The molecule has 0 unspecified atom stereocenters. The van der Waals surface area contributed by atoms with Gasteiger partial charge in [-0.2, -0.15) is 0 Å². The third-order valence-corrected chi connectivity index (χ3v) is 4.20. The van der Waals surface area contributed by atoms with Crippen LogP contribution in [0.25, 0.3) is 0 Å². The van der Waals surface area contributed by atoms with Crippen LogP contribution in [0.1, 0.15) is 26.3 Å². The number of nitrogens with zero attached hydrogens (tertiary/aromatic N) is 1. The van der Waals surface area contributed by atoms with Crippen molar-refractivity contribution in [1.82, 2.24) is 0 Å². The van der Waals surface area contributed by atoms with Gasteiger partial charge in [0.1, 0.15) is 11.4 Å². The number of rotatable bonds is 3. The molecule has 0 radical (unpaired) electrons. The molecule has 0 spiro atoms. The van der Waals surface area contributed by atoms with Crippen LogP contribution in [0.5, 0.6) is 5.75 Å². The lowest BCUT2D eigenvalue weighted by atomic mass is 10.1. The molecule has 0 saturated carbocycles. The van der Waals surface area contributed by atoms with Crippen LogP contribution in [0.2, 0.25) is 5.02 Å². The molecule has 142 valence electrons. The second-order valence-electron chi connectivity index (χ2n) is 7.17. The van der Waals surface area contributed by atoms with E-state index < -0.39 is 11.7 Å². The standard InChI is InChI=1S/C20H21ClN2O4/c1-20(2,3)27-19(25)22-14-8-9-17-16(10-14)23(18(24)12-26-17)11-13-6-4-5-7-15(13)21/h4-10H,11-12H2,1-3H3,(H,22,25). The number of fused-ring (bicyclic) bond motifs is 1. The number of nitrogens with one attached hydrogen (secondary N) is 1. The van der Waals surface area contributed by atoms with E-state index in [4.69, 9.17) is 21.1 Å². The summed E-state index contributed by atoms with van der Waals surface area (Å²) < 4.78 is 10.8. The van der Waals surface area contributed by atoms with E-state index >= 15 is 0 Å².